The summed E-state index contributed by atoms with van der Waals surface area (Å²) in [5, 5.41) is 4.10. The molecule has 15 heavy (non-hydrogen) atoms. The number of hydrogen-bond acceptors (Lipinski definition) is 3. The molecule has 1 aromatic rings. The highest BCUT2D eigenvalue weighted by Crippen LogP contribution is 2.21. The summed E-state index contributed by atoms with van der Waals surface area (Å²) in [6.07, 6.45) is 2.71. The number of carbonyl (C=O) groups excluding carboxylic acids is 1. The molecular weight excluding hydrogens is 192 g/mol. The van der Waals surface area contributed by atoms with Crippen molar-refractivity contribution in [3.05, 3.63) is 11.9 Å². The van der Waals surface area contributed by atoms with E-state index in [9.17, 15) is 4.79 Å². The summed E-state index contributed by atoms with van der Waals surface area (Å²) in [4.78, 5) is 11.0. The third-order valence-electron chi connectivity index (χ3n) is 2.88. The minimum absolute atomic E-state index is 0.158. The zero-order valence-corrected chi connectivity index (χ0v) is 9.40. The molecule has 0 fully saturated rings. The Hall–Kier alpha value is -1.52. The second-order valence-electron chi connectivity index (χ2n) is 3.90. The molecule has 0 aliphatic heterocycles. The van der Waals surface area contributed by atoms with Crippen LogP contribution >= 0.6 is 0 Å². The number of nitrogen functional groups attached to an aromatic ring is 1. The first-order valence-corrected chi connectivity index (χ1v) is 5.11. The van der Waals surface area contributed by atoms with E-state index in [0.717, 1.165) is 6.42 Å². The van der Waals surface area contributed by atoms with Crippen molar-refractivity contribution in [1.82, 2.24) is 9.78 Å². The Kier molecular flexibility index (Phi) is 3.34. The predicted octanol–water partition coefficient (Wildman–Crippen LogP) is 1.17. The summed E-state index contributed by atoms with van der Waals surface area (Å²) in [5.74, 6) is -0.104. The largest absolute Gasteiger partial charge is 0.396 e. The van der Waals surface area contributed by atoms with Gasteiger partial charge in [-0.2, -0.15) is 5.10 Å². The first-order chi connectivity index (χ1) is 6.97. The minimum atomic E-state index is -0.581. The lowest BCUT2D eigenvalue weighted by molar-refractivity contribution is 0.0995. The van der Waals surface area contributed by atoms with Gasteiger partial charge in [-0.15, -0.1) is 0 Å². The molecule has 0 aromatic carbocycles. The van der Waals surface area contributed by atoms with Crippen molar-refractivity contribution in [2.24, 2.45) is 11.7 Å². The standard InChI is InChI=1S/C10H18N4O/c1-4-6(2)7(3)14-5-8(11)9(13-14)10(12)15/h5-7H,4,11H2,1-3H3,(H2,12,15). The quantitative estimate of drug-likeness (QED) is 0.782. The van der Waals surface area contributed by atoms with Crippen LogP contribution in [-0.2, 0) is 0 Å². The summed E-state index contributed by atoms with van der Waals surface area (Å²) in [6.45, 7) is 6.29. The van der Waals surface area contributed by atoms with Gasteiger partial charge in [-0.25, -0.2) is 0 Å². The number of amides is 1. The Morgan fingerprint density at radius 2 is 2.20 bits per heavy atom. The number of aromatic nitrogens is 2. The molecule has 4 N–H and O–H groups in total. The second-order valence-corrected chi connectivity index (χ2v) is 3.90. The van der Waals surface area contributed by atoms with Crippen LogP contribution in [-0.4, -0.2) is 15.7 Å². The number of nitrogens with zero attached hydrogens (tertiary/aromatic N) is 2. The van der Waals surface area contributed by atoms with E-state index < -0.39 is 5.91 Å². The van der Waals surface area contributed by atoms with Crippen LogP contribution in [0.5, 0.6) is 0 Å². The van der Waals surface area contributed by atoms with Gasteiger partial charge >= 0.3 is 0 Å². The van der Waals surface area contributed by atoms with Gasteiger partial charge in [0.05, 0.1) is 11.7 Å². The van der Waals surface area contributed by atoms with Crippen LogP contribution in [0.15, 0.2) is 6.20 Å². The number of hydrogen-bond donors (Lipinski definition) is 2. The lowest BCUT2D eigenvalue weighted by Gasteiger charge is -2.18. The Morgan fingerprint density at radius 3 is 2.60 bits per heavy atom. The summed E-state index contributed by atoms with van der Waals surface area (Å²) >= 11 is 0. The second kappa shape index (κ2) is 4.33. The minimum Gasteiger partial charge on any atom is -0.396 e. The fourth-order valence-electron chi connectivity index (χ4n) is 1.41. The summed E-state index contributed by atoms with van der Waals surface area (Å²) in [5.41, 5.74) is 11.3. The molecule has 1 aromatic heterocycles. The molecule has 0 spiro atoms. The Morgan fingerprint density at radius 1 is 1.60 bits per heavy atom. The van der Waals surface area contributed by atoms with Crippen LogP contribution in [0.2, 0.25) is 0 Å². The molecule has 0 bridgehead atoms. The molecule has 1 rings (SSSR count). The van der Waals surface area contributed by atoms with Crippen molar-refractivity contribution >= 4 is 11.6 Å². The van der Waals surface area contributed by atoms with E-state index in [4.69, 9.17) is 11.5 Å². The third-order valence-corrected chi connectivity index (χ3v) is 2.88. The van der Waals surface area contributed by atoms with Crippen molar-refractivity contribution in [3.63, 3.8) is 0 Å². The van der Waals surface area contributed by atoms with Crippen LogP contribution in [0, 0.1) is 5.92 Å². The number of rotatable bonds is 4. The predicted molar refractivity (Wildman–Crippen MR) is 59.3 cm³/mol. The van der Waals surface area contributed by atoms with Crippen molar-refractivity contribution < 1.29 is 4.79 Å². The Balaban J connectivity index is 2.97. The smallest absolute Gasteiger partial charge is 0.271 e. The molecular formula is C10H18N4O. The van der Waals surface area contributed by atoms with Gasteiger partial charge in [0.15, 0.2) is 5.69 Å². The highest BCUT2D eigenvalue weighted by atomic mass is 16.1. The molecule has 2 atom stereocenters. The first-order valence-electron chi connectivity index (χ1n) is 5.11. The normalized spacial score (nSPS) is 14.9. The number of primary amides is 1. The molecule has 0 saturated carbocycles. The number of nitrogens with two attached hydrogens (primary N) is 2. The van der Waals surface area contributed by atoms with E-state index in [1.165, 1.54) is 0 Å². The molecule has 0 saturated heterocycles. The van der Waals surface area contributed by atoms with Crippen molar-refractivity contribution in [1.29, 1.82) is 0 Å². The van der Waals surface area contributed by atoms with Crippen LogP contribution in [0.25, 0.3) is 0 Å². The van der Waals surface area contributed by atoms with E-state index in [2.05, 4.69) is 18.9 Å². The highest BCUT2D eigenvalue weighted by molar-refractivity contribution is 5.95. The van der Waals surface area contributed by atoms with Crippen LogP contribution < -0.4 is 11.5 Å². The topological polar surface area (TPSA) is 86.9 Å². The molecule has 0 radical (unpaired) electrons. The molecule has 0 aliphatic carbocycles. The van der Waals surface area contributed by atoms with Crippen molar-refractivity contribution in [2.75, 3.05) is 5.73 Å². The fraction of sp³-hybridized carbons (Fsp3) is 0.600. The Labute approximate surface area is 89.4 Å². The van der Waals surface area contributed by atoms with Crippen LogP contribution in [0.3, 0.4) is 0 Å². The van der Waals surface area contributed by atoms with Gasteiger partial charge in [-0.1, -0.05) is 20.3 Å². The molecule has 5 nitrogen and oxygen atoms in total. The fourth-order valence-corrected chi connectivity index (χ4v) is 1.41. The zero-order valence-electron chi connectivity index (χ0n) is 9.40. The molecule has 2 unspecified atom stereocenters. The van der Waals surface area contributed by atoms with Crippen molar-refractivity contribution in [3.8, 4) is 0 Å². The van der Waals surface area contributed by atoms with E-state index in [-0.39, 0.29) is 11.7 Å². The van der Waals surface area contributed by atoms with E-state index in [0.29, 0.717) is 11.6 Å². The molecule has 1 heterocycles. The zero-order chi connectivity index (χ0) is 11.6. The maximum absolute atomic E-state index is 11.0. The lowest BCUT2D eigenvalue weighted by Crippen LogP contribution is -2.17. The average Bonchev–Trinajstić information content (AvgIpc) is 2.58. The SMILES string of the molecule is CCC(C)C(C)n1cc(N)c(C(N)=O)n1. The van der Waals surface area contributed by atoms with E-state index in [1.54, 1.807) is 10.9 Å². The third kappa shape index (κ3) is 2.29. The van der Waals surface area contributed by atoms with Crippen LogP contribution in [0.1, 0.15) is 43.7 Å². The molecule has 5 heteroatoms. The van der Waals surface area contributed by atoms with Gasteiger partial charge in [-0.05, 0) is 12.8 Å². The van der Waals surface area contributed by atoms with E-state index >= 15 is 0 Å². The first kappa shape index (κ1) is 11.6. The van der Waals surface area contributed by atoms with Crippen LogP contribution in [0.4, 0.5) is 5.69 Å². The Bertz CT molecular complexity index is 358. The van der Waals surface area contributed by atoms with E-state index in [1.807, 2.05) is 6.92 Å². The number of anilines is 1. The van der Waals surface area contributed by atoms with Gasteiger partial charge in [0.2, 0.25) is 0 Å². The highest BCUT2D eigenvalue weighted by Gasteiger charge is 2.17. The average molecular weight is 210 g/mol. The maximum atomic E-state index is 11.0. The molecule has 1 amide bonds. The summed E-state index contributed by atoms with van der Waals surface area (Å²) in [7, 11) is 0. The van der Waals surface area contributed by atoms with Gasteiger partial charge in [-0.3, -0.25) is 9.48 Å². The summed E-state index contributed by atoms with van der Waals surface area (Å²) in [6, 6.07) is 0.213. The monoisotopic (exact) mass is 210 g/mol. The van der Waals surface area contributed by atoms with Gasteiger partial charge in [0.25, 0.3) is 5.91 Å². The molecule has 84 valence electrons. The lowest BCUT2D eigenvalue weighted by atomic mass is 10.0. The molecule has 0 aliphatic rings. The van der Waals surface area contributed by atoms with Gasteiger partial charge in [0, 0.05) is 6.20 Å². The van der Waals surface area contributed by atoms with Gasteiger partial charge in [0.1, 0.15) is 0 Å². The van der Waals surface area contributed by atoms with Crippen molar-refractivity contribution in [2.45, 2.75) is 33.2 Å². The maximum Gasteiger partial charge on any atom is 0.271 e. The summed E-state index contributed by atoms with van der Waals surface area (Å²) < 4.78 is 1.71. The number of carbonyl (C=O) groups is 1. The van der Waals surface area contributed by atoms with Gasteiger partial charge < -0.3 is 11.5 Å².